The first-order chi connectivity index (χ1) is 12.1. The Morgan fingerprint density at radius 1 is 0.880 bits per heavy atom. The predicted octanol–water partition coefficient (Wildman–Crippen LogP) is 4.34. The van der Waals surface area contributed by atoms with Gasteiger partial charge in [0.05, 0.1) is 0 Å². The highest BCUT2D eigenvalue weighted by Crippen LogP contribution is 2.43. The van der Waals surface area contributed by atoms with Crippen LogP contribution in [0.15, 0.2) is 65.9 Å². The molecular formula is C21H18ClNO2. The molecule has 1 amide bonds. The van der Waals surface area contributed by atoms with Gasteiger partial charge in [0.15, 0.2) is 5.78 Å². The molecule has 1 heterocycles. The Morgan fingerprint density at radius 3 is 2.36 bits per heavy atom. The van der Waals surface area contributed by atoms with Gasteiger partial charge in [-0.15, -0.1) is 0 Å². The summed E-state index contributed by atoms with van der Waals surface area (Å²) >= 11 is 6.32. The molecule has 4 rings (SSSR count). The van der Waals surface area contributed by atoms with Crippen LogP contribution in [0.1, 0.15) is 42.2 Å². The zero-order valence-corrected chi connectivity index (χ0v) is 14.4. The third-order valence-corrected chi connectivity index (χ3v) is 5.43. The van der Waals surface area contributed by atoms with E-state index in [0.29, 0.717) is 24.3 Å². The molecular weight excluding hydrogens is 334 g/mol. The van der Waals surface area contributed by atoms with E-state index in [1.54, 1.807) is 0 Å². The Bertz CT molecular complexity index is 872. The van der Waals surface area contributed by atoms with Gasteiger partial charge in [-0.1, -0.05) is 60.1 Å². The number of hydrogen-bond acceptors (Lipinski definition) is 2. The number of Topliss-reactive ketones (excluding diaryl/α,β-unsaturated/α-hetero) is 1. The summed E-state index contributed by atoms with van der Waals surface area (Å²) in [4.78, 5) is 25.2. The number of benzene rings is 2. The standard InChI is InChI=1S/C21H18ClNO2/c22-17-9-5-4-8-15(17)14-10-18-21(19(24)11-14)16(12-20(25)23-18)13-6-2-1-3-7-13/h1-9,14,16H,10-12H2,(H,23,25)/t14-,16+/m0/s1. The van der Waals surface area contributed by atoms with E-state index in [1.165, 1.54) is 0 Å². The van der Waals surface area contributed by atoms with Crippen molar-refractivity contribution in [2.24, 2.45) is 0 Å². The van der Waals surface area contributed by atoms with Crippen molar-refractivity contribution in [3.8, 4) is 0 Å². The monoisotopic (exact) mass is 351 g/mol. The fraction of sp³-hybridized carbons (Fsp3) is 0.238. The first-order valence-electron chi connectivity index (χ1n) is 8.49. The largest absolute Gasteiger partial charge is 0.329 e. The number of allylic oxidation sites excluding steroid dienone is 2. The van der Waals surface area contributed by atoms with Crippen molar-refractivity contribution in [3.63, 3.8) is 0 Å². The molecule has 2 aromatic rings. The van der Waals surface area contributed by atoms with E-state index in [-0.39, 0.29) is 23.5 Å². The molecule has 0 spiro atoms. The van der Waals surface area contributed by atoms with Crippen LogP contribution in [0.2, 0.25) is 5.02 Å². The number of carbonyl (C=O) groups is 2. The maximum Gasteiger partial charge on any atom is 0.225 e. The minimum Gasteiger partial charge on any atom is -0.329 e. The third-order valence-electron chi connectivity index (χ3n) is 5.08. The average molecular weight is 352 g/mol. The summed E-state index contributed by atoms with van der Waals surface area (Å²) < 4.78 is 0. The Morgan fingerprint density at radius 2 is 1.60 bits per heavy atom. The number of rotatable bonds is 2. The maximum atomic E-state index is 13.0. The second kappa shape index (κ2) is 6.49. The van der Waals surface area contributed by atoms with Crippen LogP contribution in [-0.2, 0) is 9.59 Å². The van der Waals surface area contributed by atoms with E-state index in [1.807, 2.05) is 54.6 Å². The van der Waals surface area contributed by atoms with Gasteiger partial charge in [-0.05, 0) is 29.5 Å². The fourth-order valence-corrected chi connectivity index (χ4v) is 4.25. The van der Waals surface area contributed by atoms with Crippen LogP contribution in [0.5, 0.6) is 0 Å². The molecule has 0 unspecified atom stereocenters. The molecule has 2 atom stereocenters. The fourth-order valence-electron chi connectivity index (χ4n) is 3.96. The lowest BCUT2D eigenvalue weighted by Gasteiger charge is -2.34. The molecule has 1 N–H and O–H groups in total. The Kier molecular flexibility index (Phi) is 4.18. The van der Waals surface area contributed by atoms with Crippen molar-refractivity contribution < 1.29 is 9.59 Å². The highest BCUT2D eigenvalue weighted by Gasteiger charge is 2.38. The van der Waals surface area contributed by atoms with Crippen molar-refractivity contribution >= 4 is 23.3 Å². The lowest BCUT2D eigenvalue weighted by atomic mass is 9.73. The minimum atomic E-state index is -0.148. The number of amides is 1. The number of ketones is 1. The van der Waals surface area contributed by atoms with Gasteiger partial charge in [0.25, 0.3) is 0 Å². The second-order valence-corrected chi connectivity index (χ2v) is 7.06. The topological polar surface area (TPSA) is 46.2 Å². The summed E-state index contributed by atoms with van der Waals surface area (Å²) in [6.45, 7) is 0. The first kappa shape index (κ1) is 16.1. The van der Waals surface area contributed by atoms with Crippen LogP contribution in [0.4, 0.5) is 0 Å². The normalized spacial score (nSPS) is 23.2. The summed E-state index contributed by atoms with van der Waals surface area (Å²) in [6.07, 6.45) is 1.40. The number of halogens is 1. The number of carbonyl (C=O) groups excluding carboxylic acids is 2. The molecule has 2 aromatic carbocycles. The van der Waals surface area contributed by atoms with Crippen LogP contribution < -0.4 is 5.32 Å². The summed E-state index contributed by atoms with van der Waals surface area (Å²) in [6, 6.07) is 17.4. The Balaban J connectivity index is 1.73. The molecule has 0 saturated carbocycles. The van der Waals surface area contributed by atoms with Gasteiger partial charge in [-0.25, -0.2) is 0 Å². The summed E-state index contributed by atoms with van der Waals surface area (Å²) in [5, 5.41) is 3.62. The lowest BCUT2D eigenvalue weighted by molar-refractivity contribution is -0.122. The van der Waals surface area contributed by atoms with Crippen LogP contribution in [0.3, 0.4) is 0 Å². The second-order valence-electron chi connectivity index (χ2n) is 6.66. The van der Waals surface area contributed by atoms with Crippen LogP contribution in [-0.4, -0.2) is 11.7 Å². The molecule has 0 bridgehead atoms. The zero-order chi connectivity index (χ0) is 17.4. The van der Waals surface area contributed by atoms with Gasteiger partial charge in [-0.2, -0.15) is 0 Å². The molecule has 126 valence electrons. The van der Waals surface area contributed by atoms with Gasteiger partial charge in [0.1, 0.15) is 0 Å². The molecule has 0 fully saturated rings. The SMILES string of the molecule is O=C1C[C@H](c2ccccc2)C2=C(C[C@H](c3ccccc3Cl)CC2=O)N1. The molecule has 0 saturated heterocycles. The van der Waals surface area contributed by atoms with Crippen molar-refractivity contribution in [1.29, 1.82) is 0 Å². The summed E-state index contributed by atoms with van der Waals surface area (Å²) in [5.41, 5.74) is 3.54. The van der Waals surface area contributed by atoms with Crippen molar-refractivity contribution in [2.75, 3.05) is 0 Å². The molecule has 1 aliphatic heterocycles. The number of hydrogen-bond donors (Lipinski definition) is 1. The van der Waals surface area contributed by atoms with Crippen LogP contribution >= 0.6 is 11.6 Å². The van der Waals surface area contributed by atoms with E-state index in [9.17, 15) is 9.59 Å². The van der Waals surface area contributed by atoms with Gasteiger partial charge < -0.3 is 5.32 Å². The molecule has 0 aromatic heterocycles. The zero-order valence-electron chi connectivity index (χ0n) is 13.7. The smallest absolute Gasteiger partial charge is 0.225 e. The maximum absolute atomic E-state index is 13.0. The van der Waals surface area contributed by atoms with Crippen molar-refractivity contribution in [1.82, 2.24) is 5.32 Å². The Labute approximate surface area is 151 Å². The molecule has 3 nitrogen and oxygen atoms in total. The van der Waals surface area contributed by atoms with Gasteiger partial charge in [-0.3, -0.25) is 9.59 Å². The molecule has 4 heteroatoms. The molecule has 2 aliphatic rings. The summed E-state index contributed by atoms with van der Waals surface area (Å²) in [7, 11) is 0. The van der Waals surface area contributed by atoms with Gasteiger partial charge in [0, 0.05) is 35.1 Å². The van der Waals surface area contributed by atoms with Gasteiger partial charge in [0.2, 0.25) is 5.91 Å². The van der Waals surface area contributed by atoms with Crippen molar-refractivity contribution in [2.45, 2.75) is 31.1 Å². The van der Waals surface area contributed by atoms with Gasteiger partial charge >= 0.3 is 0 Å². The third kappa shape index (κ3) is 3.00. The summed E-state index contributed by atoms with van der Waals surface area (Å²) in [5.74, 6) is -0.0559. The predicted molar refractivity (Wildman–Crippen MR) is 97.4 cm³/mol. The van der Waals surface area contributed by atoms with Crippen LogP contribution in [0.25, 0.3) is 0 Å². The van der Waals surface area contributed by atoms with E-state index in [2.05, 4.69) is 5.32 Å². The lowest BCUT2D eigenvalue weighted by Crippen LogP contribution is -2.38. The van der Waals surface area contributed by atoms with E-state index >= 15 is 0 Å². The van der Waals surface area contributed by atoms with E-state index in [4.69, 9.17) is 11.6 Å². The molecule has 0 radical (unpaired) electrons. The quantitative estimate of drug-likeness (QED) is 0.874. The average Bonchev–Trinajstić information content (AvgIpc) is 2.61. The molecule has 25 heavy (non-hydrogen) atoms. The van der Waals surface area contributed by atoms with Crippen molar-refractivity contribution in [3.05, 3.63) is 82.0 Å². The van der Waals surface area contributed by atoms with E-state index in [0.717, 1.165) is 22.4 Å². The number of nitrogens with one attached hydrogen (secondary N) is 1. The minimum absolute atomic E-state index is 0.00905. The van der Waals surface area contributed by atoms with Crippen LogP contribution in [0, 0.1) is 0 Å². The highest BCUT2D eigenvalue weighted by molar-refractivity contribution is 6.31. The Hall–Kier alpha value is -2.39. The first-order valence-corrected chi connectivity index (χ1v) is 8.86. The highest BCUT2D eigenvalue weighted by atomic mass is 35.5. The van der Waals surface area contributed by atoms with E-state index < -0.39 is 0 Å². The molecule has 1 aliphatic carbocycles.